The van der Waals surface area contributed by atoms with Gasteiger partial charge in [-0.2, -0.15) is 0 Å². The fraction of sp³-hybridized carbons (Fsp3) is 0.593. The highest BCUT2D eigenvalue weighted by Gasteiger charge is 2.57. The van der Waals surface area contributed by atoms with E-state index in [9.17, 15) is 29.5 Å². The third-order valence-electron chi connectivity index (χ3n) is 6.84. The molecular weight excluding hydrogens is 604 g/mol. The van der Waals surface area contributed by atoms with Crippen LogP contribution in [0.15, 0.2) is 35.4 Å². The molecule has 1 N–H and O–H groups in total. The molecule has 3 heterocycles. The number of nitrogens with zero attached hydrogens (tertiary/aromatic N) is 3. The fourth-order valence-electron chi connectivity index (χ4n) is 5.16. The number of rotatable bonds is 10. The smallest absolute Gasteiger partial charge is 0.338 e. The van der Waals surface area contributed by atoms with E-state index in [1.165, 1.54) is 13.8 Å². The number of fused-ring (bicyclic) bond motifs is 2. The van der Waals surface area contributed by atoms with Gasteiger partial charge in [0.25, 0.3) is 0 Å². The van der Waals surface area contributed by atoms with Crippen molar-refractivity contribution in [2.45, 2.75) is 87.3 Å². The Bertz CT molecular complexity index is 1290. The van der Waals surface area contributed by atoms with Gasteiger partial charge in [-0.3, -0.25) is 19.2 Å². The molecule has 10 atom stereocenters. The molecule has 0 aromatic heterocycles. The molecule has 17 heteroatoms. The number of esters is 4. The minimum absolute atomic E-state index is 0.0526. The number of thioether (sulfide) groups is 1. The number of benzene rings is 1. The standard InChI is InChI=1S/C27H32N4O12S/c1-12(32)29-20-22(40-15(4)35)21(39-14(3)34)17(10-37-13(2)33)42-27(20)44-24-18-11-38-26(41-18)19(30-31-28)23(24)43-25(36)16-8-6-5-7-9-16/h5-9,17-24,26-27H,10-11H2,1-4H3,(H,29,32)/t17-,18-,19-,20-,21-,22-,23-,24-,26+,27+/m1/s1. The third-order valence-corrected chi connectivity index (χ3v) is 8.40. The fourth-order valence-corrected chi connectivity index (χ4v) is 6.76. The Kier molecular flexibility index (Phi) is 11.0. The minimum atomic E-state index is -1.29. The SMILES string of the molecule is CC(=O)N[C@@H]1[C@@H](OC(C)=O)[C@H](OC(C)=O)[C@@H](COC(C)=O)O[C@H]1S[C@H]1[C@H](OC(=O)c2ccccc2)[C@@H](N=[N+]=[N-])[C@H]2OC[C@H]1O2. The monoisotopic (exact) mass is 636 g/mol. The molecule has 16 nitrogen and oxygen atoms in total. The summed E-state index contributed by atoms with van der Waals surface area (Å²) < 4.78 is 40.0. The Morgan fingerprint density at radius 3 is 2.25 bits per heavy atom. The minimum Gasteiger partial charge on any atom is -0.463 e. The molecular formula is C27H32N4O12S. The van der Waals surface area contributed by atoms with Gasteiger partial charge in [-0.05, 0) is 17.7 Å². The molecule has 44 heavy (non-hydrogen) atoms. The number of carbonyl (C=O) groups is 5. The maximum atomic E-state index is 13.2. The maximum Gasteiger partial charge on any atom is 0.338 e. The van der Waals surface area contributed by atoms with Crippen LogP contribution >= 0.6 is 11.8 Å². The summed E-state index contributed by atoms with van der Waals surface area (Å²) in [6.45, 7) is 4.36. The number of azide groups is 1. The lowest BCUT2D eigenvalue weighted by Gasteiger charge is -2.47. The van der Waals surface area contributed by atoms with Crippen LogP contribution in [0.5, 0.6) is 0 Å². The van der Waals surface area contributed by atoms with Crippen LogP contribution in [0.3, 0.4) is 0 Å². The van der Waals surface area contributed by atoms with Crippen molar-refractivity contribution < 1.29 is 57.1 Å². The highest BCUT2D eigenvalue weighted by molar-refractivity contribution is 8.00. The Labute approximate surface area is 255 Å². The van der Waals surface area contributed by atoms with Crippen molar-refractivity contribution in [3.05, 3.63) is 46.3 Å². The summed E-state index contributed by atoms with van der Waals surface area (Å²) >= 11 is 1.04. The molecule has 3 fully saturated rings. The normalized spacial score (nSPS) is 32.4. The molecule has 4 rings (SSSR count). The van der Waals surface area contributed by atoms with Gasteiger partial charge in [0.15, 0.2) is 18.5 Å². The van der Waals surface area contributed by atoms with Crippen molar-refractivity contribution in [3.63, 3.8) is 0 Å². The molecule has 0 radical (unpaired) electrons. The van der Waals surface area contributed by atoms with Gasteiger partial charge >= 0.3 is 23.9 Å². The Balaban J connectivity index is 1.72. The lowest BCUT2D eigenvalue weighted by molar-refractivity contribution is -0.212. The van der Waals surface area contributed by atoms with E-state index in [2.05, 4.69) is 15.3 Å². The summed E-state index contributed by atoms with van der Waals surface area (Å²) in [5.74, 6) is -3.34. The van der Waals surface area contributed by atoms with Crippen LogP contribution in [0.1, 0.15) is 38.1 Å². The first-order valence-electron chi connectivity index (χ1n) is 13.6. The van der Waals surface area contributed by atoms with E-state index in [0.717, 1.165) is 25.6 Å². The van der Waals surface area contributed by atoms with E-state index >= 15 is 0 Å². The van der Waals surface area contributed by atoms with Crippen LogP contribution in [0, 0.1) is 0 Å². The van der Waals surface area contributed by atoms with Crippen LogP contribution in [-0.2, 0) is 52.3 Å². The molecule has 1 amide bonds. The lowest BCUT2D eigenvalue weighted by atomic mass is 9.97. The quantitative estimate of drug-likeness (QED) is 0.127. The average Bonchev–Trinajstić information content (AvgIpc) is 3.40. The average molecular weight is 637 g/mol. The molecule has 3 aliphatic rings. The van der Waals surface area contributed by atoms with Gasteiger partial charge in [0.05, 0.1) is 23.5 Å². The van der Waals surface area contributed by atoms with Crippen molar-refractivity contribution >= 4 is 41.5 Å². The van der Waals surface area contributed by atoms with Crippen LogP contribution in [0.2, 0.25) is 0 Å². The van der Waals surface area contributed by atoms with Crippen LogP contribution < -0.4 is 5.32 Å². The summed E-state index contributed by atoms with van der Waals surface area (Å²) in [5.41, 5.74) is 8.48. The molecule has 0 spiro atoms. The highest BCUT2D eigenvalue weighted by Crippen LogP contribution is 2.43. The number of carbonyl (C=O) groups excluding carboxylic acids is 5. The first-order valence-corrected chi connectivity index (χ1v) is 14.6. The molecule has 0 saturated carbocycles. The predicted molar refractivity (Wildman–Crippen MR) is 149 cm³/mol. The van der Waals surface area contributed by atoms with Crippen molar-refractivity contribution in [1.82, 2.24) is 5.32 Å². The van der Waals surface area contributed by atoms with Crippen LogP contribution in [-0.4, -0.2) is 103 Å². The molecule has 0 unspecified atom stereocenters. The Morgan fingerprint density at radius 2 is 1.64 bits per heavy atom. The largest absolute Gasteiger partial charge is 0.463 e. The number of amides is 1. The van der Waals surface area contributed by atoms with Gasteiger partial charge in [-0.25, -0.2) is 4.79 Å². The zero-order valence-corrected chi connectivity index (χ0v) is 25.0. The van der Waals surface area contributed by atoms with Gasteiger partial charge in [-0.15, -0.1) is 11.8 Å². The zero-order chi connectivity index (χ0) is 32.0. The maximum absolute atomic E-state index is 13.2. The summed E-state index contributed by atoms with van der Waals surface area (Å²) in [4.78, 5) is 64.4. The molecule has 0 aliphatic carbocycles. The van der Waals surface area contributed by atoms with Crippen molar-refractivity contribution in [2.24, 2.45) is 5.11 Å². The molecule has 3 saturated heterocycles. The van der Waals surface area contributed by atoms with E-state index in [1.807, 2.05) is 0 Å². The van der Waals surface area contributed by atoms with Gasteiger partial charge in [0.1, 0.15) is 36.3 Å². The topological polar surface area (TPSA) is 211 Å². The molecule has 3 aliphatic heterocycles. The number of hydrogen-bond donors (Lipinski definition) is 1. The number of nitrogens with one attached hydrogen (secondary N) is 1. The third kappa shape index (κ3) is 7.98. The van der Waals surface area contributed by atoms with E-state index in [4.69, 9.17) is 33.2 Å². The van der Waals surface area contributed by atoms with E-state index < -0.39 is 96.0 Å². The van der Waals surface area contributed by atoms with Crippen molar-refractivity contribution in [1.29, 1.82) is 0 Å². The predicted octanol–water partition coefficient (Wildman–Crippen LogP) is 1.40. The lowest BCUT2D eigenvalue weighted by Crippen LogP contribution is -2.66. The Hall–Kier alpha value is -3.89. The molecule has 238 valence electrons. The van der Waals surface area contributed by atoms with Crippen molar-refractivity contribution in [3.8, 4) is 0 Å². The van der Waals surface area contributed by atoms with Crippen molar-refractivity contribution in [2.75, 3.05) is 13.2 Å². The van der Waals surface area contributed by atoms with E-state index in [-0.39, 0.29) is 12.2 Å². The van der Waals surface area contributed by atoms with E-state index in [0.29, 0.717) is 0 Å². The second-order valence-corrected chi connectivity index (χ2v) is 11.4. The number of hydrogen-bond acceptors (Lipinski definition) is 14. The zero-order valence-electron chi connectivity index (χ0n) is 24.2. The van der Waals surface area contributed by atoms with Gasteiger partial charge in [-0.1, -0.05) is 23.3 Å². The first kappa shape index (κ1) is 33.0. The second kappa shape index (κ2) is 14.7. The van der Waals surface area contributed by atoms with Gasteiger partial charge in [0, 0.05) is 32.6 Å². The molecule has 1 aromatic carbocycles. The highest BCUT2D eigenvalue weighted by atomic mass is 32.2. The summed E-state index contributed by atoms with van der Waals surface area (Å²) in [6.07, 6.45) is -6.49. The molecule has 2 bridgehead atoms. The summed E-state index contributed by atoms with van der Waals surface area (Å²) in [5, 5.41) is 5.70. The second-order valence-electron chi connectivity index (χ2n) is 10.1. The van der Waals surface area contributed by atoms with Gasteiger partial charge in [0.2, 0.25) is 5.91 Å². The van der Waals surface area contributed by atoms with Gasteiger partial charge < -0.3 is 38.5 Å². The number of ether oxygens (including phenoxy) is 7. The van der Waals surface area contributed by atoms with Crippen LogP contribution in [0.25, 0.3) is 10.4 Å². The summed E-state index contributed by atoms with van der Waals surface area (Å²) in [7, 11) is 0. The summed E-state index contributed by atoms with van der Waals surface area (Å²) in [6, 6.07) is 5.97. The van der Waals surface area contributed by atoms with Crippen LogP contribution in [0.4, 0.5) is 0 Å². The first-order chi connectivity index (χ1) is 21.0. The Morgan fingerprint density at radius 1 is 0.955 bits per heavy atom. The van der Waals surface area contributed by atoms with E-state index in [1.54, 1.807) is 30.3 Å². The molecule has 1 aromatic rings.